The third-order valence-electron chi connectivity index (χ3n) is 10.2. The van der Waals surface area contributed by atoms with Gasteiger partial charge in [0.2, 0.25) is 0 Å². The Bertz CT molecular complexity index is 3190. The molecule has 11 aromatic rings. The minimum Gasteiger partial charge on any atom is -0.456 e. The first-order valence-corrected chi connectivity index (χ1v) is 19.2. The Morgan fingerprint density at radius 3 is 1.70 bits per heavy atom. The average molecular weight is 736 g/mol. The summed E-state index contributed by atoms with van der Waals surface area (Å²) >= 11 is 1.76. The third kappa shape index (κ3) is 5.52. The van der Waals surface area contributed by atoms with E-state index in [0.717, 1.165) is 82.2 Å². The fraction of sp³-hybridized carbons (Fsp3) is 0. The number of fused-ring (bicyclic) bond motifs is 6. The molecule has 0 unspecified atom stereocenters. The van der Waals surface area contributed by atoms with Crippen LogP contribution in [0.25, 0.3) is 110 Å². The molecule has 7 heteroatoms. The van der Waals surface area contributed by atoms with Crippen molar-refractivity contribution in [3.63, 3.8) is 0 Å². The zero-order valence-corrected chi connectivity index (χ0v) is 30.6. The van der Waals surface area contributed by atoms with Gasteiger partial charge in [0.15, 0.2) is 23.3 Å². The van der Waals surface area contributed by atoms with E-state index < -0.39 is 0 Å². The number of para-hydroxylation sites is 1. The normalized spacial score (nSPS) is 11.6. The molecule has 0 amide bonds. The molecule has 0 spiro atoms. The van der Waals surface area contributed by atoms with Gasteiger partial charge in [-0.3, -0.25) is 0 Å². The molecule has 0 N–H and O–H groups in total. The Balaban J connectivity index is 1.08. The van der Waals surface area contributed by atoms with Crippen LogP contribution in [0.4, 0.5) is 0 Å². The quantitative estimate of drug-likeness (QED) is 0.169. The Kier molecular flexibility index (Phi) is 7.57. The van der Waals surface area contributed by atoms with Gasteiger partial charge in [0.25, 0.3) is 0 Å². The van der Waals surface area contributed by atoms with Gasteiger partial charge in [-0.05, 0) is 30.3 Å². The minimum atomic E-state index is 0.594. The van der Waals surface area contributed by atoms with Gasteiger partial charge in [-0.1, -0.05) is 146 Å². The van der Waals surface area contributed by atoms with Crippen LogP contribution in [0.1, 0.15) is 0 Å². The van der Waals surface area contributed by atoms with E-state index in [1.807, 2.05) is 97.1 Å². The van der Waals surface area contributed by atoms with Crippen molar-refractivity contribution in [1.82, 2.24) is 24.9 Å². The summed E-state index contributed by atoms with van der Waals surface area (Å²) in [5.41, 5.74) is 9.20. The largest absolute Gasteiger partial charge is 0.456 e. The maximum atomic E-state index is 6.24. The van der Waals surface area contributed by atoms with Crippen molar-refractivity contribution in [2.24, 2.45) is 0 Å². The smallest absolute Gasteiger partial charge is 0.164 e. The second kappa shape index (κ2) is 13.2. The molecular formula is C49H29N5OS. The fourth-order valence-corrected chi connectivity index (χ4v) is 8.71. The van der Waals surface area contributed by atoms with Crippen LogP contribution in [0.3, 0.4) is 0 Å². The van der Waals surface area contributed by atoms with Crippen molar-refractivity contribution in [1.29, 1.82) is 0 Å². The molecule has 4 aromatic heterocycles. The summed E-state index contributed by atoms with van der Waals surface area (Å²) in [7, 11) is 0. The van der Waals surface area contributed by atoms with Crippen molar-refractivity contribution in [2.75, 3.05) is 0 Å². The van der Waals surface area contributed by atoms with Crippen LogP contribution in [0, 0.1) is 0 Å². The van der Waals surface area contributed by atoms with E-state index >= 15 is 0 Å². The molecule has 7 aromatic carbocycles. The number of furan rings is 1. The molecule has 0 saturated carbocycles. The summed E-state index contributed by atoms with van der Waals surface area (Å²) < 4.78 is 8.56. The highest BCUT2D eigenvalue weighted by Gasteiger charge is 2.20. The van der Waals surface area contributed by atoms with E-state index in [4.69, 9.17) is 29.3 Å². The van der Waals surface area contributed by atoms with E-state index in [9.17, 15) is 0 Å². The predicted octanol–water partition coefficient (Wildman–Crippen LogP) is 12.9. The van der Waals surface area contributed by atoms with E-state index in [-0.39, 0.29) is 0 Å². The number of rotatable bonds is 6. The second-order valence-corrected chi connectivity index (χ2v) is 14.7. The SMILES string of the molecule is c1ccc(-c2cc(-c3cccc4sc5cc(-c6nc(-c7ccccc7)nc(-c7cccc8oc9ccccc9c78)n6)ccc5c34)nc(-c3ccccc3)n2)cc1. The van der Waals surface area contributed by atoms with Crippen molar-refractivity contribution in [3.05, 3.63) is 176 Å². The minimum absolute atomic E-state index is 0.594. The van der Waals surface area contributed by atoms with Crippen molar-refractivity contribution in [3.8, 4) is 68.1 Å². The third-order valence-corrected chi connectivity index (χ3v) is 11.3. The standard InChI is InChI=1S/C49H29N5OS/c1-4-14-30(15-5-1)38-29-39(51-46(50-38)31-16-6-2-7-17-31)34-21-13-25-42-45(34)36-27-26-33(28-43(36)56-42)48-52-47(32-18-8-3-9-19-32)53-49(54-48)37-22-12-24-41-44(37)35-20-10-11-23-40(35)55-41/h1-29H. The van der Waals surface area contributed by atoms with Gasteiger partial charge < -0.3 is 4.42 Å². The van der Waals surface area contributed by atoms with Gasteiger partial charge in [-0.2, -0.15) is 0 Å². The molecule has 0 aliphatic rings. The van der Waals surface area contributed by atoms with Gasteiger partial charge in [0, 0.05) is 64.3 Å². The lowest BCUT2D eigenvalue weighted by molar-refractivity contribution is 0.669. The summed E-state index contributed by atoms with van der Waals surface area (Å²) in [4.78, 5) is 25.5. The summed E-state index contributed by atoms with van der Waals surface area (Å²) in [5.74, 6) is 2.51. The Morgan fingerprint density at radius 1 is 0.339 bits per heavy atom. The molecule has 0 radical (unpaired) electrons. The van der Waals surface area contributed by atoms with Gasteiger partial charge in [0.1, 0.15) is 11.2 Å². The number of hydrogen-bond acceptors (Lipinski definition) is 7. The number of aromatic nitrogens is 5. The molecule has 0 fully saturated rings. The van der Waals surface area contributed by atoms with E-state index in [1.54, 1.807) is 11.3 Å². The molecule has 0 atom stereocenters. The van der Waals surface area contributed by atoms with Gasteiger partial charge in [-0.15, -0.1) is 11.3 Å². The maximum absolute atomic E-state index is 6.24. The molecule has 0 aliphatic heterocycles. The second-order valence-electron chi connectivity index (χ2n) is 13.6. The molecule has 56 heavy (non-hydrogen) atoms. The molecule has 0 aliphatic carbocycles. The highest BCUT2D eigenvalue weighted by Crippen LogP contribution is 2.42. The van der Waals surface area contributed by atoms with Crippen LogP contribution < -0.4 is 0 Å². The lowest BCUT2D eigenvalue weighted by atomic mass is 10.0. The summed E-state index contributed by atoms with van der Waals surface area (Å²) in [6.07, 6.45) is 0. The van der Waals surface area contributed by atoms with Crippen LogP contribution in [-0.4, -0.2) is 24.9 Å². The first-order valence-electron chi connectivity index (χ1n) is 18.4. The van der Waals surface area contributed by atoms with Crippen LogP contribution >= 0.6 is 11.3 Å². The molecule has 11 rings (SSSR count). The first kappa shape index (κ1) is 32.1. The summed E-state index contributed by atoms with van der Waals surface area (Å²) in [6, 6.07) is 59.8. The fourth-order valence-electron chi connectivity index (χ4n) is 7.54. The van der Waals surface area contributed by atoms with E-state index in [2.05, 4.69) is 78.9 Å². The van der Waals surface area contributed by atoms with Crippen molar-refractivity contribution >= 4 is 53.4 Å². The number of nitrogens with zero attached hydrogens (tertiary/aromatic N) is 5. The maximum Gasteiger partial charge on any atom is 0.164 e. The zero-order valence-electron chi connectivity index (χ0n) is 29.8. The van der Waals surface area contributed by atoms with Crippen LogP contribution in [0.5, 0.6) is 0 Å². The lowest BCUT2D eigenvalue weighted by Crippen LogP contribution is -2.00. The molecule has 262 valence electrons. The zero-order chi connectivity index (χ0) is 37.0. The summed E-state index contributed by atoms with van der Waals surface area (Å²) in [6.45, 7) is 0. The van der Waals surface area contributed by atoms with Gasteiger partial charge >= 0.3 is 0 Å². The molecule has 0 saturated heterocycles. The van der Waals surface area contributed by atoms with Crippen LogP contribution in [-0.2, 0) is 0 Å². The van der Waals surface area contributed by atoms with Gasteiger partial charge in [0.05, 0.1) is 11.4 Å². The Morgan fingerprint density at radius 2 is 0.929 bits per heavy atom. The Labute approximate surface area is 325 Å². The summed E-state index contributed by atoms with van der Waals surface area (Å²) in [5, 5.41) is 4.33. The number of benzene rings is 7. The van der Waals surface area contributed by atoms with Crippen LogP contribution in [0.15, 0.2) is 180 Å². The number of hydrogen-bond donors (Lipinski definition) is 0. The predicted molar refractivity (Wildman–Crippen MR) is 228 cm³/mol. The number of thiophene rings is 1. The van der Waals surface area contributed by atoms with Crippen molar-refractivity contribution in [2.45, 2.75) is 0 Å². The highest BCUT2D eigenvalue weighted by atomic mass is 32.1. The Hall–Kier alpha value is -7.35. The first-order chi connectivity index (χ1) is 27.7. The highest BCUT2D eigenvalue weighted by molar-refractivity contribution is 7.26. The molecule has 4 heterocycles. The van der Waals surface area contributed by atoms with Crippen molar-refractivity contribution < 1.29 is 4.42 Å². The van der Waals surface area contributed by atoms with Gasteiger partial charge in [-0.25, -0.2) is 24.9 Å². The monoisotopic (exact) mass is 735 g/mol. The molecule has 6 nitrogen and oxygen atoms in total. The average Bonchev–Trinajstić information content (AvgIpc) is 3.85. The van der Waals surface area contributed by atoms with E-state index in [0.29, 0.717) is 23.3 Å². The molecular weight excluding hydrogens is 707 g/mol. The molecule has 0 bridgehead atoms. The topological polar surface area (TPSA) is 77.6 Å². The van der Waals surface area contributed by atoms with E-state index in [1.165, 1.54) is 4.70 Å². The van der Waals surface area contributed by atoms with Crippen LogP contribution in [0.2, 0.25) is 0 Å². The lowest BCUT2D eigenvalue weighted by Gasteiger charge is -2.11.